The van der Waals surface area contributed by atoms with Crippen LogP contribution in [0.4, 0.5) is 0 Å². The first-order chi connectivity index (χ1) is 16.4. The first kappa shape index (κ1) is 22.4. The van der Waals surface area contributed by atoms with E-state index in [1.807, 2.05) is 10.9 Å². The van der Waals surface area contributed by atoms with E-state index in [0.717, 1.165) is 76.4 Å². The lowest BCUT2D eigenvalue weighted by molar-refractivity contribution is -0.149. The molecule has 3 unspecified atom stereocenters. The quantitative estimate of drug-likeness (QED) is 0.682. The molecule has 2 aliphatic carbocycles. The first-order valence-corrected chi connectivity index (χ1v) is 13.0. The van der Waals surface area contributed by atoms with Crippen molar-refractivity contribution in [3.63, 3.8) is 0 Å². The Morgan fingerprint density at radius 2 is 1.91 bits per heavy atom. The maximum absolute atomic E-state index is 12.7. The summed E-state index contributed by atoms with van der Waals surface area (Å²) in [5.74, 6) is 1.56. The smallest absolute Gasteiger partial charge is 0.164 e. The van der Waals surface area contributed by atoms with Gasteiger partial charge in [0, 0.05) is 42.9 Å². The molecule has 4 aliphatic rings. The molecule has 34 heavy (non-hydrogen) atoms. The summed E-state index contributed by atoms with van der Waals surface area (Å²) in [5.41, 5.74) is 2.27. The molecule has 0 amide bonds. The number of aliphatic hydroxyl groups is 1. The second kappa shape index (κ2) is 8.25. The number of hydrogen-bond donors (Lipinski definition) is 2. The maximum Gasteiger partial charge on any atom is 0.164 e. The summed E-state index contributed by atoms with van der Waals surface area (Å²) in [4.78, 5) is 5.10. The van der Waals surface area contributed by atoms with E-state index >= 15 is 0 Å². The summed E-state index contributed by atoms with van der Waals surface area (Å²) in [6.45, 7) is 7.77. The lowest BCUT2D eigenvalue weighted by Crippen LogP contribution is -2.71. The Labute approximate surface area is 202 Å². The third-order valence-corrected chi connectivity index (χ3v) is 9.23. The van der Waals surface area contributed by atoms with Gasteiger partial charge in [0.2, 0.25) is 0 Å². The molecule has 7 nitrogen and oxygen atoms in total. The number of fused-ring (bicyclic) bond motifs is 1. The molecule has 1 aromatic heterocycles. The van der Waals surface area contributed by atoms with Gasteiger partial charge in [-0.2, -0.15) is 5.10 Å². The Morgan fingerprint density at radius 3 is 2.65 bits per heavy atom. The van der Waals surface area contributed by atoms with E-state index in [4.69, 9.17) is 4.74 Å². The van der Waals surface area contributed by atoms with Crippen LogP contribution in [-0.2, 0) is 18.4 Å². The molecule has 0 radical (unpaired) electrons. The topological polar surface area (TPSA) is 74.0 Å². The summed E-state index contributed by atoms with van der Waals surface area (Å²) >= 11 is 0. The number of methoxy groups -OCH3 is 1. The highest BCUT2D eigenvalue weighted by Crippen LogP contribution is 2.59. The fourth-order valence-corrected chi connectivity index (χ4v) is 7.26. The number of aryl methyl sites for hydroxylation is 1. The van der Waals surface area contributed by atoms with Crippen molar-refractivity contribution in [2.24, 2.45) is 5.92 Å². The van der Waals surface area contributed by atoms with Gasteiger partial charge < -0.3 is 19.8 Å². The number of aromatic hydroxyl groups is 1. The third-order valence-electron chi connectivity index (χ3n) is 9.23. The predicted molar refractivity (Wildman–Crippen MR) is 130 cm³/mol. The molecule has 3 heterocycles. The van der Waals surface area contributed by atoms with Crippen molar-refractivity contribution in [2.75, 3.05) is 39.8 Å². The normalized spacial score (nSPS) is 31.6. The Balaban J connectivity index is 1.36. The van der Waals surface area contributed by atoms with Crippen LogP contribution in [0.2, 0.25) is 0 Å². The van der Waals surface area contributed by atoms with Crippen LogP contribution in [0.3, 0.4) is 0 Å². The third kappa shape index (κ3) is 3.47. The number of likely N-dealkylation sites (tertiary alicyclic amines) is 2. The number of ether oxygens (including phenoxy) is 1. The number of rotatable bonds is 6. The minimum Gasteiger partial charge on any atom is -0.504 e. The van der Waals surface area contributed by atoms with Crippen LogP contribution in [0.15, 0.2) is 24.5 Å². The van der Waals surface area contributed by atoms with E-state index in [1.165, 1.54) is 24.0 Å². The molecule has 2 aliphatic heterocycles. The van der Waals surface area contributed by atoms with Crippen LogP contribution in [0.1, 0.15) is 48.8 Å². The molecular formula is C27H38N4O3. The van der Waals surface area contributed by atoms with Gasteiger partial charge in [0.05, 0.1) is 25.5 Å². The van der Waals surface area contributed by atoms with Crippen molar-refractivity contribution in [2.45, 2.75) is 69.1 Å². The lowest BCUT2D eigenvalue weighted by Gasteiger charge is -2.61. The van der Waals surface area contributed by atoms with Gasteiger partial charge in [-0.05, 0) is 81.6 Å². The van der Waals surface area contributed by atoms with Crippen LogP contribution in [0.5, 0.6) is 11.5 Å². The van der Waals surface area contributed by atoms with Crippen LogP contribution < -0.4 is 4.74 Å². The monoisotopic (exact) mass is 466 g/mol. The highest BCUT2D eigenvalue weighted by Gasteiger charge is 2.64. The zero-order chi connectivity index (χ0) is 23.5. The number of phenolic OH excluding ortho intramolecular Hbond substituents is 1. The van der Waals surface area contributed by atoms with Gasteiger partial charge >= 0.3 is 0 Å². The SMILES string of the molecule is COc1c(O)ccc2c1C13CCN(CCn4cc(C)cn4)CCC1(O)C(C2)N(CC1CC1)CC3. The van der Waals surface area contributed by atoms with Crippen LogP contribution >= 0.6 is 0 Å². The van der Waals surface area contributed by atoms with Gasteiger partial charge in [0.25, 0.3) is 0 Å². The fraction of sp³-hybridized carbons (Fsp3) is 0.667. The average Bonchev–Trinajstić information content (AvgIpc) is 3.57. The minimum atomic E-state index is -0.828. The van der Waals surface area contributed by atoms with Crippen LogP contribution in [0, 0.1) is 12.8 Å². The molecule has 2 N–H and O–H groups in total. The zero-order valence-corrected chi connectivity index (χ0v) is 20.5. The molecule has 2 bridgehead atoms. The van der Waals surface area contributed by atoms with Gasteiger partial charge in [-0.25, -0.2) is 0 Å². The van der Waals surface area contributed by atoms with E-state index in [0.29, 0.717) is 5.75 Å². The number of benzene rings is 1. The molecule has 2 saturated heterocycles. The Morgan fingerprint density at radius 1 is 1.12 bits per heavy atom. The van der Waals surface area contributed by atoms with Gasteiger partial charge in [0.1, 0.15) is 0 Å². The van der Waals surface area contributed by atoms with Crippen molar-refractivity contribution < 1.29 is 14.9 Å². The minimum absolute atomic E-state index is 0.123. The largest absolute Gasteiger partial charge is 0.504 e. The van der Waals surface area contributed by atoms with Crippen LogP contribution in [0.25, 0.3) is 0 Å². The molecule has 184 valence electrons. The van der Waals surface area contributed by atoms with Crippen molar-refractivity contribution in [1.29, 1.82) is 0 Å². The number of phenols is 1. The molecule has 2 aromatic rings. The van der Waals surface area contributed by atoms with Crippen molar-refractivity contribution >= 4 is 0 Å². The number of nitrogens with zero attached hydrogens (tertiary/aromatic N) is 4. The standard InChI is InChI=1S/C27H38N4O3/c1-19-16-28-31(17-19)14-13-29-10-7-26-8-12-30(18-20-3-4-20)23(27(26,33)9-11-29)15-21-5-6-22(32)25(34-2)24(21)26/h5-6,16-17,20,23,32-33H,3-4,7-15,18H2,1-2H3. The second-order valence-electron chi connectivity index (χ2n) is 11.2. The molecule has 3 atom stereocenters. The van der Waals surface area contributed by atoms with Crippen molar-refractivity contribution in [1.82, 2.24) is 19.6 Å². The molecule has 1 saturated carbocycles. The molecular weight excluding hydrogens is 428 g/mol. The first-order valence-electron chi connectivity index (χ1n) is 13.0. The lowest BCUT2D eigenvalue weighted by atomic mass is 9.52. The van der Waals surface area contributed by atoms with Gasteiger partial charge in [0.15, 0.2) is 11.5 Å². The number of hydrogen-bond acceptors (Lipinski definition) is 6. The highest BCUT2D eigenvalue weighted by atomic mass is 16.5. The summed E-state index contributed by atoms with van der Waals surface area (Å²) in [7, 11) is 1.65. The van der Waals surface area contributed by atoms with Crippen molar-refractivity contribution in [3.8, 4) is 11.5 Å². The summed E-state index contributed by atoms with van der Waals surface area (Å²) in [5, 5.41) is 27.9. The summed E-state index contributed by atoms with van der Waals surface area (Å²) < 4.78 is 7.82. The number of aromatic nitrogens is 2. The maximum atomic E-state index is 12.7. The van der Waals surface area contributed by atoms with E-state index in [1.54, 1.807) is 13.2 Å². The molecule has 1 aromatic carbocycles. The van der Waals surface area contributed by atoms with E-state index < -0.39 is 11.0 Å². The van der Waals surface area contributed by atoms with Gasteiger partial charge in [-0.3, -0.25) is 9.58 Å². The van der Waals surface area contributed by atoms with E-state index in [-0.39, 0.29) is 11.8 Å². The van der Waals surface area contributed by atoms with Crippen LogP contribution in [-0.4, -0.2) is 81.3 Å². The predicted octanol–water partition coefficient (Wildman–Crippen LogP) is 2.71. The number of piperidine rings is 1. The molecule has 0 spiro atoms. The average molecular weight is 467 g/mol. The summed E-state index contributed by atoms with van der Waals surface area (Å²) in [6, 6.07) is 3.97. The molecule has 7 heteroatoms. The zero-order valence-electron chi connectivity index (χ0n) is 20.5. The molecule has 3 fully saturated rings. The van der Waals surface area contributed by atoms with E-state index in [2.05, 4.69) is 34.1 Å². The van der Waals surface area contributed by atoms with E-state index in [9.17, 15) is 10.2 Å². The Hall–Kier alpha value is -2.09. The van der Waals surface area contributed by atoms with Gasteiger partial charge in [-0.1, -0.05) is 6.07 Å². The Bertz CT molecular complexity index is 1070. The van der Waals surface area contributed by atoms with Crippen molar-refractivity contribution in [3.05, 3.63) is 41.2 Å². The highest BCUT2D eigenvalue weighted by molar-refractivity contribution is 5.58. The molecule has 6 rings (SSSR count). The van der Waals surface area contributed by atoms with Gasteiger partial charge in [-0.15, -0.1) is 0 Å². The summed E-state index contributed by atoms with van der Waals surface area (Å²) in [6.07, 6.45) is 10.0. The Kier molecular flexibility index (Phi) is 5.43. The second-order valence-corrected chi connectivity index (χ2v) is 11.2. The fourth-order valence-electron chi connectivity index (χ4n) is 7.26.